The number of piperidine rings is 1. The third kappa shape index (κ3) is 3.21. The molecule has 1 N–H and O–H groups in total. The molecule has 2 fully saturated rings. The van der Waals surface area contributed by atoms with Gasteiger partial charge in [0.15, 0.2) is 0 Å². The molecule has 25 heavy (non-hydrogen) atoms. The van der Waals surface area contributed by atoms with E-state index in [2.05, 4.69) is 29.7 Å². The largest absolute Gasteiger partial charge is 0.508 e. The maximum Gasteiger partial charge on any atom is 0.115 e. The number of rotatable bonds is 3. The van der Waals surface area contributed by atoms with E-state index in [0.29, 0.717) is 17.7 Å². The predicted octanol–water partition coefficient (Wildman–Crippen LogP) is 3.79. The van der Waals surface area contributed by atoms with Crippen LogP contribution in [0, 0.1) is 5.92 Å². The average Bonchev–Trinajstić information content (AvgIpc) is 2.87. The maximum absolute atomic E-state index is 9.97. The van der Waals surface area contributed by atoms with Crippen molar-refractivity contribution in [1.29, 1.82) is 0 Å². The predicted molar refractivity (Wildman–Crippen MR) is 103 cm³/mol. The molecule has 1 aromatic carbocycles. The molecule has 4 rings (SSSR count). The molecular weight excluding hydrogens is 308 g/mol. The van der Waals surface area contributed by atoms with Crippen molar-refractivity contribution in [2.24, 2.45) is 5.92 Å². The molecule has 0 radical (unpaired) electrons. The van der Waals surface area contributed by atoms with Crippen molar-refractivity contribution in [2.75, 3.05) is 32.7 Å². The third-order valence-electron chi connectivity index (χ3n) is 7.51. The Balaban J connectivity index is 1.48. The third-order valence-corrected chi connectivity index (χ3v) is 7.51. The molecule has 3 atom stereocenters. The summed E-state index contributed by atoms with van der Waals surface area (Å²) in [6, 6.07) is 6.73. The number of fused-ring (bicyclic) bond motifs is 4. The molecule has 2 saturated heterocycles. The molecule has 0 aromatic heterocycles. The topological polar surface area (TPSA) is 26.7 Å². The van der Waals surface area contributed by atoms with E-state index in [9.17, 15) is 5.11 Å². The Bertz CT molecular complexity index is 608. The van der Waals surface area contributed by atoms with Gasteiger partial charge in [0.25, 0.3) is 0 Å². The number of phenols is 1. The van der Waals surface area contributed by atoms with Crippen molar-refractivity contribution in [1.82, 2.24) is 9.80 Å². The van der Waals surface area contributed by atoms with Crippen LogP contribution in [-0.4, -0.2) is 53.7 Å². The summed E-state index contributed by atoms with van der Waals surface area (Å²) in [4.78, 5) is 5.47. The molecule has 2 aliphatic heterocycles. The number of phenolic OH excluding ortho intramolecular Hbond substituents is 1. The fraction of sp³-hybridized carbons (Fsp3) is 0.727. The van der Waals surface area contributed by atoms with Gasteiger partial charge in [0, 0.05) is 19.1 Å². The van der Waals surface area contributed by atoms with Gasteiger partial charge in [-0.15, -0.1) is 0 Å². The Morgan fingerprint density at radius 3 is 2.60 bits per heavy atom. The van der Waals surface area contributed by atoms with Crippen LogP contribution >= 0.6 is 0 Å². The number of hydrogen-bond acceptors (Lipinski definition) is 3. The van der Waals surface area contributed by atoms with Crippen LogP contribution in [0.15, 0.2) is 18.2 Å². The van der Waals surface area contributed by atoms with Gasteiger partial charge in [-0.3, -0.25) is 4.90 Å². The summed E-state index contributed by atoms with van der Waals surface area (Å²) < 4.78 is 0. The standard InChI is InChI=1S/C22H34N2O/c1-17-21-15-18-7-8-19(25)16-20(18)22(17,2)9-12-24(21)14-13-23-10-5-3-4-6-11-23/h7-8,16-17,21,25H,3-6,9-15H2,1-2H3/t17-,21+,22+/m1/s1. The van der Waals surface area contributed by atoms with Crippen LogP contribution in [0.25, 0.3) is 0 Å². The van der Waals surface area contributed by atoms with Crippen molar-refractivity contribution in [2.45, 2.75) is 63.8 Å². The number of benzene rings is 1. The Kier molecular flexibility index (Phi) is 4.81. The van der Waals surface area contributed by atoms with Crippen LogP contribution in [0.4, 0.5) is 0 Å². The number of hydrogen-bond donors (Lipinski definition) is 1. The molecule has 0 saturated carbocycles. The van der Waals surface area contributed by atoms with Crippen LogP contribution in [0.1, 0.15) is 57.1 Å². The zero-order valence-electron chi connectivity index (χ0n) is 16.0. The summed E-state index contributed by atoms with van der Waals surface area (Å²) in [5.41, 5.74) is 3.09. The van der Waals surface area contributed by atoms with Crippen molar-refractivity contribution >= 4 is 0 Å². The van der Waals surface area contributed by atoms with Gasteiger partial charge in [-0.05, 0) is 79.9 Å². The Labute approximate surface area is 153 Å². The summed E-state index contributed by atoms with van der Waals surface area (Å²) >= 11 is 0. The normalized spacial score (nSPS) is 33.7. The molecule has 0 spiro atoms. The maximum atomic E-state index is 9.97. The quantitative estimate of drug-likeness (QED) is 0.905. The fourth-order valence-electron chi connectivity index (χ4n) is 5.60. The number of likely N-dealkylation sites (tertiary alicyclic amines) is 2. The molecule has 3 nitrogen and oxygen atoms in total. The summed E-state index contributed by atoms with van der Waals surface area (Å²) in [5, 5.41) is 9.97. The van der Waals surface area contributed by atoms with Gasteiger partial charge in [0.05, 0.1) is 0 Å². The smallest absolute Gasteiger partial charge is 0.115 e. The molecule has 0 unspecified atom stereocenters. The minimum Gasteiger partial charge on any atom is -0.508 e. The van der Waals surface area contributed by atoms with Crippen LogP contribution in [-0.2, 0) is 11.8 Å². The van der Waals surface area contributed by atoms with Crippen LogP contribution < -0.4 is 0 Å². The highest BCUT2D eigenvalue weighted by Gasteiger charge is 2.48. The minimum atomic E-state index is 0.218. The molecule has 3 heteroatoms. The monoisotopic (exact) mass is 342 g/mol. The first-order chi connectivity index (χ1) is 12.1. The lowest BCUT2D eigenvalue weighted by Crippen LogP contribution is -2.58. The fourth-order valence-corrected chi connectivity index (χ4v) is 5.60. The van der Waals surface area contributed by atoms with E-state index in [-0.39, 0.29) is 5.41 Å². The lowest BCUT2D eigenvalue weighted by atomic mass is 9.59. The SMILES string of the molecule is C[C@@H]1[C@@H]2Cc3ccc(O)cc3[C@@]1(C)CCN2CCN1CCCCCC1. The highest BCUT2D eigenvalue weighted by Crippen LogP contribution is 2.49. The van der Waals surface area contributed by atoms with Crippen LogP contribution in [0.5, 0.6) is 5.75 Å². The molecule has 138 valence electrons. The first-order valence-electron chi connectivity index (χ1n) is 10.4. The Morgan fingerprint density at radius 2 is 1.84 bits per heavy atom. The van der Waals surface area contributed by atoms with Gasteiger partial charge >= 0.3 is 0 Å². The van der Waals surface area contributed by atoms with Crippen molar-refractivity contribution in [3.8, 4) is 5.75 Å². The molecule has 2 heterocycles. The van der Waals surface area contributed by atoms with E-state index in [1.54, 1.807) is 0 Å². The second-order valence-corrected chi connectivity index (χ2v) is 8.86. The van der Waals surface area contributed by atoms with Crippen molar-refractivity contribution in [3.05, 3.63) is 29.3 Å². The highest BCUT2D eigenvalue weighted by molar-refractivity contribution is 5.44. The Morgan fingerprint density at radius 1 is 1.08 bits per heavy atom. The van der Waals surface area contributed by atoms with E-state index < -0.39 is 0 Å². The van der Waals surface area contributed by atoms with Crippen molar-refractivity contribution in [3.63, 3.8) is 0 Å². The molecule has 1 aromatic rings. The van der Waals surface area contributed by atoms with E-state index in [0.717, 1.165) is 6.42 Å². The molecule has 1 aliphatic carbocycles. The van der Waals surface area contributed by atoms with Crippen LogP contribution in [0.2, 0.25) is 0 Å². The molecule has 0 amide bonds. The average molecular weight is 343 g/mol. The zero-order chi connectivity index (χ0) is 17.4. The first-order valence-corrected chi connectivity index (χ1v) is 10.4. The Hall–Kier alpha value is -1.06. The second kappa shape index (κ2) is 6.92. The van der Waals surface area contributed by atoms with E-state index in [4.69, 9.17) is 0 Å². The molecular formula is C22H34N2O. The van der Waals surface area contributed by atoms with E-state index >= 15 is 0 Å². The minimum absolute atomic E-state index is 0.218. The zero-order valence-corrected chi connectivity index (χ0v) is 16.0. The summed E-state index contributed by atoms with van der Waals surface area (Å²) in [6.45, 7) is 11.1. The number of nitrogens with zero attached hydrogens (tertiary/aromatic N) is 2. The second-order valence-electron chi connectivity index (χ2n) is 8.86. The lowest BCUT2D eigenvalue weighted by Gasteiger charge is -2.55. The van der Waals surface area contributed by atoms with E-state index in [1.807, 2.05) is 12.1 Å². The highest BCUT2D eigenvalue weighted by atomic mass is 16.3. The summed E-state index contributed by atoms with van der Waals surface area (Å²) in [6.07, 6.45) is 7.96. The van der Waals surface area contributed by atoms with Gasteiger partial charge in [-0.2, -0.15) is 0 Å². The van der Waals surface area contributed by atoms with Gasteiger partial charge in [-0.25, -0.2) is 0 Å². The summed E-state index contributed by atoms with van der Waals surface area (Å²) in [5.74, 6) is 1.08. The lowest BCUT2D eigenvalue weighted by molar-refractivity contribution is 0.0252. The molecule has 2 bridgehead atoms. The summed E-state index contributed by atoms with van der Waals surface area (Å²) in [7, 11) is 0. The molecule has 3 aliphatic rings. The van der Waals surface area contributed by atoms with Gasteiger partial charge in [0.1, 0.15) is 5.75 Å². The van der Waals surface area contributed by atoms with E-state index in [1.165, 1.54) is 76.0 Å². The van der Waals surface area contributed by atoms with Crippen LogP contribution in [0.3, 0.4) is 0 Å². The first kappa shape index (κ1) is 17.4. The van der Waals surface area contributed by atoms with Crippen molar-refractivity contribution < 1.29 is 5.11 Å². The van der Waals surface area contributed by atoms with Gasteiger partial charge in [-0.1, -0.05) is 32.8 Å². The van der Waals surface area contributed by atoms with Gasteiger partial charge in [0.2, 0.25) is 0 Å². The van der Waals surface area contributed by atoms with Gasteiger partial charge < -0.3 is 10.0 Å². The number of aromatic hydroxyl groups is 1.